The van der Waals surface area contributed by atoms with Gasteiger partial charge in [-0.15, -0.1) is 0 Å². The summed E-state index contributed by atoms with van der Waals surface area (Å²) >= 11 is 0. The Morgan fingerprint density at radius 3 is 2.56 bits per heavy atom. The lowest BCUT2D eigenvalue weighted by molar-refractivity contribution is -0.136. The summed E-state index contributed by atoms with van der Waals surface area (Å²) in [5.74, 6) is 0.384. The number of rotatable bonds is 5. The van der Waals surface area contributed by atoms with Crippen LogP contribution in [-0.2, 0) is 9.53 Å². The van der Waals surface area contributed by atoms with Crippen LogP contribution in [0.1, 0.15) is 20.3 Å². The zero-order chi connectivity index (χ0) is 13.8. The Labute approximate surface area is 107 Å². The lowest BCUT2D eigenvalue weighted by Crippen LogP contribution is -2.41. The number of nitrogen functional groups attached to an aromatic ring is 1. The van der Waals surface area contributed by atoms with Gasteiger partial charge in [-0.1, -0.05) is 6.92 Å². The number of carbonyl (C=O) groups excluding carboxylic acids is 1. The number of nitrogens with one attached hydrogen (secondary N) is 1. The van der Waals surface area contributed by atoms with Gasteiger partial charge in [-0.25, -0.2) is 0 Å². The van der Waals surface area contributed by atoms with E-state index in [0.717, 1.165) is 0 Å². The molecule has 0 heterocycles. The molecule has 1 atom stereocenters. The second-order valence-electron chi connectivity index (χ2n) is 4.20. The number of carbonyl (C=O) groups is 1. The molecule has 1 unspecified atom stereocenters. The third kappa shape index (κ3) is 2.92. The highest BCUT2D eigenvalue weighted by atomic mass is 16.5. The summed E-state index contributed by atoms with van der Waals surface area (Å²) in [6.07, 6.45) is 0.584. The summed E-state index contributed by atoms with van der Waals surface area (Å²) in [7, 11) is 3.06. The standard InChI is InChI=1S/C13H20N2O3/c1-5-13(2,18-4)12(16)15-9-6-7-11(17-3)10(14)8-9/h6-8H,5,14H2,1-4H3,(H,15,16). The van der Waals surface area contributed by atoms with Crippen molar-refractivity contribution in [1.82, 2.24) is 0 Å². The molecule has 0 aliphatic rings. The molecule has 5 nitrogen and oxygen atoms in total. The summed E-state index contributed by atoms with van der Waals surface area (Å²) < 4.78 is 10.3. The summed E-state index contributed by atoms with van der Waals surface area (Å²) in [5.41, 5.74) is 6.03. The molecule has 5 heteroatoms. The predicted octanol–water partition coefficient (Wildman–Crippen LogP) is 2.03. The van der Waals surface area contributed by atoms with Gasteiger partial charge in [0.25, 0.3) is 5.91 Å². The molecule has 0 aliphatic carbocycles. The number of anilines is 2. The van der Waals surface area contributed by atoms with E-state index in [4.69, 9.17) is 15.2 Å². The van der Waals surface area contributed by atoms with Gasteiger partial charge in [0.15, 0.2) is 0 Å². The maximum atomic E-state index is 12.1. The molecule has 3 N–H and O–H groups in total. The summed E-state index contributed by atoms with van der Waals surface area (Å²) in [6.45, 7) is 3.64. The first-order chi connectivity index (χ1) is 8.46. The zero-order valence-corrected chi connectivity index (χ0v) is 11.2. The molecule has 1 amide bonds. The molecule has 1 rings (SSSR count). The molecule has 0 saturated carbocycles. The van der Waals surface area contributed by atoms with Crippen LogP contribution in [0.4, 0.5) is 11.4 Å². The monoisotopic (exact) mass is 252 g/mol. The van der Waals surface area contributed by atoms with Crippen LogP contribution in [0.15, 0.2) is 18.2 Å². The minimum absolute atomic E-state index is 0.197. The highest BCUT2D eigenvalue weighted by molar-refractivity contribution is 5.97. The first-order valence-electron chi connectivity index (χ1n) is 5.77. The van der Waals surface area contributed by atoms with Crippen molar-refractivity contribution in [2.45, 2.75) is 25.9 Å². The molecule has 0 radical (unpaired) electrons. The summed E-state index contributed by atoms with van der Waals surface area (Å²) in [6, 6.07) is 5.10. The van der Waals surface area contributed by atoms with E-state index >= 15 is 0 Å². The molecule has 0 fully saturated rings. The van der Waals surface area contributed by atoms with Gasteiger partial charge in [-0.3, -0.25) is 4.79 Å². The average Bonchev–Trinajstić information content (AvgIpc) is 2.38. The Hall–Kier alpha value is -1.75. The van der Waals surface area contributed by atoms with E-state index in [2.05, 4.69) is 5.32 Å². The largest absolute Gasteiger partial charge is 0.495 e. The third-order valence-electron chi connectivity index (χ3n) is 3.09. The Balaban J connectivity index is 2.85. The number of nitrogens with two attached hydrogens (primary N) is 1. The molecule has 18 heavy (non-hydrogen) atoms. The average molecular weight is 252 g/mol. The topological polar surface area (TPSA) is 73.6 Å². The van der Waals surface area contributed by atoms with Crippen molar-refractivity contribution in [3.05, 3.63) is 18.2 Å². The smallest absolute Gasteiger partial charge is 0.256 e. The van der Waals surface area contributed by atoms with Crippen LogP contribution in [0.2, 0.25) is 0 Å². The number of hydrogen-bond donors (Lipinski definition) is 2. The lowest BCUT2D eigenvalue weighted by atomic mass is 10.0. The maximum absolute atomic E-state index is 12.1. The van der Waals surface area contributed by atoms with Crippen LogP contribution in [0.3, 0.4) is 0 Å². The maximum Gasteiger partial charge on any atom is 0.256 e. The Kier molecular flexibility index (Phi) is 4.55. The van der Waals surface area contributed by atoms with E-state index < -0.39 is 5.60 Å². The van der Waals surface area contributed by atoms with Crippen LogP contribution >= 0.6 is 0 Å². The van der Waals surface area contributed by atoms with Crippen molar-refractivity contribution in [3.8, 4) is 5.75 Å². The molecule has 1 aromatic rings. The Morgan fingerprint density at radius 1 is 1.44 bits per heavy atom. The molecular formula is C13H20N2O3. The van der Waals surface area contributed by atoms with Gasteiger partial charge in [0, 0.05) is 12.8 Å². The highest BCUT2D eigenvalue weighted by Crippen LogP contribution is 2.25. The molecule has 1 aromatic carbocycles. The molecule has 0 spiro atoms. The number of methoxy groups -OCH3 is 2. The van der Waals surface area contributed by atoms with E-state index in [9.17, 15) is 4.79 Å². The van der Waals surface area contributed by atoms with Crippen molar-refractivity contribution < 1.29 is 14.3 Å². The minimum Gasteiger partial charge on any atom is -0.495 e. The predicted molar refractivity (Wildman–Crippen MR) is 71.7 cm³/mol. The molecule has 0 aromatic heterocycles. The minimum atomic E-state index is -0.839. The van der Waals surface area contributed by atoms with Crippen LogP contribution in [0.25, 0.3) is 0 Å². The van der Waals surface area contributed by atoms with Crippen molar-refractivity contribution in [3.63, 3.8) is 0 Å². The highest BCUT2D eigenvalue weighted by Gasteiger charge is 2.30. The van der Waals surface area contributed by atoms with Gasteiger partial charge >= 0.3 is 0 Å². The molecular weight excluding hydrogens is 232 g/mol. The Bertz CT molecular complexity index is 428. The van der Waals surface area contributed by atoms with E-state index in [1.54, 1.807) is 32.2 Å². The zero-order valence-electron chi connectivity index (χ0n) is 11.2. The molecule has 0 aliphatic heterocycles. The van der Waals surface area contributed by atoms with Gasteiger partial charge in [-0.2, -0.15) is 0 Å². The van der Waals surface area contributed by atoms with Crippen LogP contribution in [-0.4, -0.2) is 25.7 Å². The van der Waals surface area contributed by atoms with Crippen LogP contribution in [0, 0.1) is 0 Å². The van der Waals surface area contributed by atoms with Gasteiger partial charge in [0.1, 0.15) is 11.4 Å². The van der Waals surface area contributed by atoms with Gasteiger partial charge < -0.3 is 20.5 Å². The van der Waals surface area contributed by atoms with E-state index in [1.807, 2.05) is 6.92 Å². The number of hydrogen-bond acceptors (Lipinski definition) is 4. The summed E-state index contributed by atoms with van der Waals surface area (Å²) in [4.78, 5) is 12.1. The van der Waals surface area contributed by atoms with Crippen molar-refractivity contribution in [2.24, 2.45) is 0 Å². The second-order valence-corrected chi connectivity index (χ2v) is 4.20. The Morgan fingerprint density at radius 2 is 2.11 bits per heavy atom. The van der Waals surface area contributed by atoms with Crippen LogP contribution in [0.5, 0.6) is 5.75 Å². The van der Waals surface area contributed by atoms with Gasteiger partial charge in [0.2, 0.25) is 0 Å². The molecule has 0 bridgehead atoms. The van der Waals surface area contributed by atoms with Crippen molar-refractivity contribution in [1.29, 1.82) is 0 Å². The SMILES string of the molecule is CCC(C)(OC)C(=O)Nc1ccc(OC)c(N)c1. The molecule has 100 valence electrons. The van der Waals surface area contributed by atoms with E-state index in [1.165, 1.54) is 7.11 Å². The van der Waals surface area contributed by atoms with Crippen molar-refractivity contribution in [2.75, 3.05) is 25.3 Å². The van der Waals surface area contributed by atoms with Gasteiger partial charge in [0.05, 0.1) is 12.8 Å². The number of amides is 1. The lowest BCUT2D eigenvalue weighted by Gasteiger charge is -2.25. The van der Waals surface area contributed by atoms with Gasteiger partial charge in [-0.05, 0) is 31.5 Å². The van der Waals surface area contributed by atoms with E-state index in [-0.39, 0.29) is 5.91 Å². The second kappa shape index (κ2) is 5.73. The fraction of sp³-hybridized carbons (Fsp3) is 0.462. The number of benzene rings is 1. The summed E-state index contributed by atoms with van der Waals surface area (Å²) in [5, 5.41) is 2.78. The van der Waals surface area contributed by atoms with Crippen molar-refractivity contribution >= 4 is 17.3 Å². The third-order valence-corrected chi connectivity index (χ3v) is 3.09. The fourth-order valence-corrected chi connectivity index (χ4v) is 1.47. The first kappa shape index (κ1) is 14.3. The van der Waals surface area contributed by atoms with E-state index in [0.29, 0.717) is 23.5 Å². The first-order valence-corrected chi connectivity index (χ1v) is 5.77. The number of ether oxygens (including phenoxy) is 2. The fourth-order valence-electron chi connectivity index (χ4n) is 1.47. The molecule has 0 saturated heterocycles. The quantitative estimate of drug-likeness (QED) is 0.786. The van der Waals surface area contributed by atoms with Crippen LogP contribution < -0.4 is 15.8 Å². The normalized spacial score (nSPS) is 13.8.